The predicted octanol–water partition coefficient (Wildman–Crippen LogP) is 5.33. The SMILES string of the molecule is Cc1nonc1C(=O)N[C@H](c1cn2ncc(C(NC(=O)C3CN(C(=O)OC(C)(C)C)CC3C(F)(F)F)C3CC3)cc2n1)C1CCC(F)(F)CC1. The molecule has 0 spiro atoms. The third-order valence-electron chi connectivity index (χ3n) is 9.55. The highest BCUT2D eigenvalue weighted by molar-refractivity contribution is 5.93. The van der Waals surface area contributed by atoms with Gasteiger partial charge in [0.2, 0.25) is 11.8 Å². The summed E-state index contributed by atoms with van der Waals surface area (Å²) in [4.78, 5) is 44.9. The molecule has 50 heavy (non-hydrogen) atoms. The van der Waals surface area contributed by atoms with Crippen LogP contribution in [0.15, 0.2) is 23.1 Å². The van der Waals surface area contributed by atoms with Crippen LogP contribution in [0.5, 0.6) is 0 Å². The van der Waals surface area contributed by atoms with Gasteiger partial charge in [-0.3, -0.25) is 9.59 Å². The highest BCUT2D eigenvalue weighted by Crippen LogP contribution is 2.44. The molecule has 2 saturated carbocycles. The third kappa shape index (κ3) is 7.83. The molecule has 6 rings (SSSR count). The number of imidazole rings is 1. The molecule has 272 valence electrons. The van der Waals surface area contributed by atoms with Gasteiger partial charge in [0.15, 0.2) is 11.3 Å². The summed E-state index contributed by atoms with van der Waals surface area (Å²) in [5.41, 5.74) is 0.473. The fourth-order valence-corrected chi connectivity index (χ4v) is 6.75. The number of carbonyl (C=O) groups excluding carboxylic acids is 3. The summed E-state index contributed by atoms with van der Waals surface area (Å²) >= 11 is 0. The van der Waals surface area contributed by atoms with Crippen LogP contribution in [0.3, 0.4) is 0 Å². The van der Waals surface area contributed by atoms with E-state index < -0.39 is 72.6 Å². The zero-order valence-electron chi connectivity index (χ0n) is 28.0. The number of hydrogen-bond donors (Lipinski definition) is 2. The van der Waals surface area contributed by atoms with E-state index >= 15 is 0 Å². The average molecular weight is 711 g/mol. The van der Waals surface area contributed by atoms with Gasteiger partial charge in [-0.1, -0.05) is 5.16 Å². The van der Waals surface area contributed by atoms with Crippen LogP contribution in [-0.4, -0.2) is 78.5 Å². The molecule has 0 bridgehead atoms. The van der Waals surface area contributed by atoms with Crippen molar-refractivity contribution in [2.45, 2.75) is 96.0 Å². The lowest BCUT2D eigenvalue weighted by molar-refractivity contribution is -0.183. The van der Waals surface area contributed by atoms with E-state index in [9.17, 15) is 36.3 Å². The van der Waals surface area contributed by atoms with Crippen molar-refractivity contribution in [3.63, 3.8) is 0 Å². The largest absolute Gasteiger partial charge is 0.444 e. The maximum Gasteiger partial charge on any atom is 0.410 e. The van der Waals surface area contributed by atoms with E-state index in [0.717, 1.165) is 17.7 Å². The number of aromatic nitrogens is 5. The molecule has 13 nitrogen and oxygen atoms in total. The first-order valence-corrected chi connectivity index (χ1v) is 16.6. The van der Waals surface area contributed by atoms with E-state index in [0.29, 0.717) is 16.9 Å². The summed E-state index contributed by atoms with van der Waals surface area (Å²) in [7, 11) is 0. The van der Waals surface area contributed by atoms with Gasteiger partial charge < -0.3 is 20.3 Å². The van der Waals surface area contributed by atoms with Crippen LogP contribution >= 0.6 is 0 Å². The molecule has 2 N–H and O–H groups in total. The molecule has 3 fully saturated rings. The Kier molecular flexibility index (Phi) is 9.26. The lowest BCUT2D eigenvalue weighted by atomic mass is 9.81. The Balaban J connectivity index is 1.24. The van der Waals surface area contributed by atoms with Crippen molar-refractivity contribution in [3.05, 3.63) is 41.1 Å². The van der Waals surface area contributed by atoms with Crippen LogP contribution in [-0.2, 0) is 9.53 Å². The molecule has 0 radical (unpaired) electrons. The molecule has 1 aliphatic heterocycles. The molecule has 3 unspecified atom stereocenters. The summed E-state index contributed by atoms with van der Waals surface area (Å²) in [6.45, 7) is 5.20. The van der Waals surface area contributed by atoms with E-state index in [-0.39, 0.29) is 48.9 Å². The third-order valence-corrected chi connectivity index (χ3v) is 9.55. The van der Waals surface area contributed by atoms with E-state index in [4.69, 9.17) is 4.74 Å². The number of nitrogens with zero attached hydrogens (tertiary/aromatic N) is 6. The van der Waals surface area contributed by atoms with Crippen LogP contribution in [0.2, 0.25) is 0 Å². The number of hydrogen-bond acceptors (Lipinski definition) is 9. The van der Waals surface area contributed by atoms with Gasteiger partial charge in [-0.15, -0.1) is 0 Å². The van der Waals surface area contributed by atoms with Crippen molar-refractivity contribution >= 4 is 23.6 Å². The Morgan fingerprint density at radius 2 is 1.68 bits per heavy atom. The quantitative estimate of drug-likeness (QED) is 0.295. The number of nitrogens with one attached hydrogen (secondary N) is 2. The molecular formula is C32H39F5N8O5. The van der Waals surface area contributed by atoms with Gasteiger partial charge >= 0.3 is 12.3 Å². The second kappa shape index (κ2) is 13.1. The number of amides is 3. The first kappa shape index (κ1) is 35.4. The Morgan fingerprint density at radius 1 is 1.00 bits per heavy atom. The Morgan fingerprint density at radius 3 is 2.28 bits per heavy atom. The number of aryl methyl sites for hydroxylation is 1. The number of likely N-dealkylation sites (tertiary alicyclic amines) is 1. The lowest BCUT2D eigenvalue weighted by Gasteiger charge is -2.33. The Bertz CT molecular complexity index is 1740. The monoisotopic (exact) mass is 710 g/mol. The number of fused-ring (bicyclic) bond motifs is 1. The molecule has 18 heteroatoms. The standard InChI is InChI=1S/C32H39F5N8O5/c1-16-24(43-50-42-16)28(47)41-26(18-7-9-31(33,34)10-8-18)22-15-45-23(39-22)11-19(12-38-45)25(17-5-6-17)40-27(46)20-13-44(14-21(20)32(35,36)37)29(48)49-30(2,3)4/h11-12,15,17-18,20-21,25-26H,5-10,13-14H2,1-4H3,(H,40,46)(H,41,47)/t20?,21?,25?,26-/m0/s1. The second-order valence-electron chi connectivity index (χ2n) is 14.6. The van der Waals surface area contributed by atoms with Crippen LogP contribution in [0, 0.1) is 30.6 Å². The number of carbonyl (C=O) groups is 3. The molecule has 1 saturated heterocycles. The van der Waals surface area contributed by atoms with E-state index in [1.165, 1.54) is 10.7 Å². The van der Waals surface area contributed by atoms with Gasteiger partial charge in [0.1, 0.15) is 11.3 Å². The maximum absolute atomic E-state index is 14.1. The van der Waals surface area contributed by atoms with Crippen molar-refractivity contribution < 1.29 is 45.7 Å². The van der Waals surface area contributed by atoms with Crippen LogP contribution in [0.4, 0.5) is 26.7 Å². The summed E-state index contributed by atoms with van der Waals surface area (Å²) < 4.78 is 81.8. The molecule has 3 aliphatic rings. The van der Waals surface area contributed by atoms with Crippen molar-refractivity contribution in [2.75, 3.05) is 13.1 Å². The minimum atomic E-state index is -4.73. The summed E-state index contributed by atoms with van der Waals surface area (Å²) in [6, 6.07) is 0.194. The average Bonchev–Trinajstić information content (AvgIpc) is 3.39. The minimum Gasteiger partial charge on any atom is -0.444 e. The van der Waals surface area contributed by atoms with E-state index in [1.807, 2.05) is 0 Å². The van der Waals surface area contributed by atoms with Crippen LogP contribution in [0.1, 0.15) is 98.8 Å². The molecule has 3 aromatic rings. The van der Waals surface area contributed by atoms with Crippen molar-refractivity contribution in [1.82, 2.24) is 40.4 Å². The van der Waals surface area contributed by atoms with Gasteiger partial charge in [-0.25, -0.2) is 27.7 Å². The van der Waals surface area contributed by atoms with Gasteiger partial charge in [0, 0.05) is 25.9 Å². The van der Waals surface area contributed by atoms with E-state index in [2.05, 4.69) is 35.7 Å². The smallest absolute Gasteiger partial charge is 0.410 e. The zero-order valence-corrected chi connectivity index (χ0v) is 28.0. The van der Waals surface area contributed by atoms with Crippen LogP contribution < -0.4 is 10.6 Å². The summed E-state index contributed by atoms with van der Waals surface area (Å²) in [5.74, 6) is -8.31. The molecule has 4 heterocycles. The van der Waals surface area contributed by atoms with Gasteiger partial charge in [0.05, 0.1) is 42.0 Å². The maximum atomic E-state index is 14.1. The Labute approximate surface area is 283 Å². The highest BCUT2D eigenvalue weighted by atomic mass is 19.4. The van der Waals surface area contributed by atoms with Gasteiger partial charge in [-0.05, 0) is 82.0 Å². The fraction of sp³-hybridized carbons (Fsp3) is 0.656. The highest BCUT2D eigenvalue weighted by Gasteiger charge is 2.54. The van der Waals surface area contributed by atoms with Crippen molar-refractivity contribution in [1.29, 1.82) is 0 Å². The number of halogens is 5. The van der Waals surface area contributed by atoms with Crippen molar-refractivity contribution in [2.24, 2.45) is 23.7 Å². The van der Waals surface area contributed by atoms with Gasteiger partial charge in [0.25, 0.3) is 5.91 Å². The second-order valence-corrected chi connectivity index (χ2v) is 14.6. The molecule has 2 aliphatic carbocycles. The molecule has 3 aromatic heterocycles. The number of ether oxygens (including phenoxy) is 1. The van der Waals surface area contributed by atoms with E-state index in [1.54, 1.807) is 40.0 Å². The zero-order chi connectivity index (χ0) is 36.2. The van der Waals surface area contributed by atoms with Crippen LogP contribution in [0.25, 0.3) is 5.65 Å². The summed E-state index contributed by atoms with van der Waals surface area (Å²) in [5, 5.41) is 17.4. The van der Waals surface area contributed by atoms with Crippen molar-refractivity contribution in [3.8, 4) is 0 Å². The molecule has 4 atom stereocenters. The lowest BCUT2D eigenvalue weighted by Crippen LogP contribution is -2.42. The summed E-state index contributed by atoms with van der Waals surface area (Å²) in [6.07, 6.45) is -1.58. The number of alkyl halides is 5. The normalized spacial score (nSPS) is 22.7. The minimum absolute atomic E-state index is 0.0485. The van der Waals surface area contributed by atoms with Gasteiger partial charge in [-0.2, -0.15) is 18.3 Å². The fourth-order valence-electron chi connectivity index (χ4n) is 6.75. The Hall–Kier alpha value is -4.38. The molecular weight excluding hydrogens is 671 g/mol. The first-order valence-electron chi connectivity index (χ1n) is 16.6. The number of rotatable bonds is 8. The molecule has 3 amide bonds. The topological polar surface area (TPSA) is 157 Å². The molecule has 0 aromatic carbocycles. The predicted molar refractivity (Wildman–Crippen MR) is 164 cm³/mol. The first-order chi connectivity index (χ1) is 23.4.